The molecule has 0 spiro atoms. The van der Waals surface area contributed by atoms with Crippen molar-refractivity contribution in [1.82, 2.24) is 4.90 Å². The first-order chi connectivity index (χ1) is 13.6. The van der Waals surface area contributed by atoms with Crippen LogP contribution in [-0.2, 0) is 14.9 Å². The van der Waals surface area contributed by atoms with Gasteiger partial charge in [0.1, 0.15) is 6.04 Å². The van der Waals surface area contributed by atoms with Crippen LogP contribution in [0.4, 0.5) is 10.5 Å². The lowest BCUT2D eigenvalue weighted by Crippen LogP contribution is -2.48. The highest BCUT2D eigenvalue weighted by atomic mass is 16.5. The van der Waals surface area contributed by atoms with Gasteiger partial charge in [0, 0.05) is 12.2 Å². The maximum Gasteiger partial charge on any atom is 0.328 e. The number of nitrogens with one attached hydrogen (secondary N) is 1. The van der Waals surface area contributed by atoms with Crippen molar-refractivity contribution in [2.45, 2.75) is 62.8 Å². The molecule has 5 fully saturated rings. The maximum absolute atomic E-state index is 12.7. The lowest BCUT2D eigenvalue weighted by Gasteiger charge is -2.57. The number of carbonyl (C=O) groups is 2. The molecule has 5 heteroatoms. The molecule has 1 atom stereocenters. The summed E-state index contributed by atoms with van der Waals surface area (Å²) in [6.45, 7) is 0.594. The van der Waals surface area contributed by atoms with Crippen molar-refractivity contribution in [3.8, 4) is 0 Å². The van der Waals surface area contributed by atoms with Gasteiger partial charge in [-0.05, 0) is 92.2 Å². The molecule has 4 aliphatic carbocycles. The lowest BCUT2D eigenvalue weighted by atomic mass is 9.48. The number of urea groups is 1. The highest BCUT2D eigenvalue weighted by molar-refractivity contribution is 5.93. The van der Waals surface area contributed by atoms with Gasteiger partial charge >= 0.3 is 12.0 Å². The average Bonchev–Trinajstić information content (AvgIpc) is 3.17. The van der Waals surface area contributed by atoms with E-state index in [2.05, 4.69) is 17.4 Å². The number of anilines is 1. The van der Waals surface area contributed by atoms with Crippen LogP contribution in [0.15, 0.2) is 24.3 Å². The Morgan fingerprint density at radius 1 is 1.04 bits per heavy atom. The van der Waals surface area contributed by atoms with Gasteiger partial charge in [0.15, 0.2) is 0 Å². The number of ether oxygens (including phenoxy) is 1. The third kappa shape index (κ3) is 2.99. The highest BCUT2D eigenvalue weighted by Gasteiger charge is 2.51. The van der Waals surface area contributed by atoms with Crippen LogP contribution in [-0.4, -0.2) is 36.6 Å². The molecule has 1 N–H and O–H groups in total. The van der Waals surface area contributed by atoms with E-state index in [1.165, 1.54) is 51.2 Å². The molecule has 1 aliphatic heterocycles. The number of carbonyl (C=O) groups excluding carboxylic acids is 2. The summed E-state index contributed by atoms with van der Waals surface area (Å²) in [4.78, 5) is 26.1. The Kier molecular flexibility index (Phi) is 4.37. The van der Waals surface area contributed by atoms with Crippen molar-refractivity contribution >= 4 is 17.7 Å². The van der Waals surface area contributed by atoms with Crippen LogP contribution in [0.3, 0.4) is 0 Å². The van der Waals surface area contributed by atoms with Gasteiger partial charge in [0.2, 0.25) is 0 Å². The van der Waals surface area contributed by atoms with Crippen LogP contribution in [0.2, 0.25) is 0 Å². The minimum Gasteiger partial charge on any atom is -0.467 e. The quantitative estimate of drug-likeness (QED) is 0.792. The molecule has 1 heterocycles. The molecule has 1 aromatic carbocycles. The molecular formula is C23H30N2O3. The Balaban J connectivity index is 1.28. The third-order valence-corrected chi connectivity index (χ3v) is 7.77. The number of benzene rings is 1. The Morgan fingerprint density at radius 2 is 1.64 bits per heavy atom. The minimum atomic E-state index is -0.462. The molecule has 4 saturated carbocycles. The van der Waals surface area contributed by atoms with Crippen molar-refractivity contribution in [3.63, 3.8) is 0 Å². The van der Waals surface area contributed by atoms with Crippen molar-refractivity contribution in [2.24, 2.45) is 17.8 Å². The van der Waals surface area contributed by atoms with Gasteiger partial charge in [0.25, 0.3) is 0 Å². The van der Waals surface area contributed by atoms with Crippen LogP contribution < -0.4 is 5.32 Å². The fourth-order valence-corrected chi connectivity index (χ4v) is 6.96. The van der Waals surface area contributed by atoms with Crippen molar-refractivity contribution in [1.29, 1.82) is 0 Å². The number of nitrogens with zero attached hydrogens (tertiary/aromatic N) is 1. The van der Waals surface area contributed by atoms with E-state index in [-0.39, 0.29) is 12.0 Å². The second-order valence-electron chi connectivity index (χ2n) is 9.58. The second kappa shape index (κ2) is 6.78. The summed E-state index contributed by atoms with van der Waals surface area (Å²) in [5.74, 6) is 2.45. The van der Waals surface area contributed by atoms with Gasteiger partial charge in [-0.15, -0.1) is 0 Å². The van der Waals surface area contributed by atoms with E-state index in [1.54, 1.807) is 4.90 Å². The minimum absolute atomic E-state index is 0.213. The van der Waals surface area contributed by atoms with E-state index in [0.717, 1.165) is 29.9 Å². The number of rotatable bonds is 3. The number of methoxy groups -OCH3 is 1. The van der Waals surface area contributed by atoms with Crippen LogP contribution in [0, 0.1) is 17.8 Å². The molecule has 150 valence electrons. The van der Waals surface area contributed by atoms with E-state index in [9.17, 15) is 9.59 Å². The number of esters is 1. The third-order valence-electron chi connectivity index (χ3n) is 7.77. The molecule has 1 aromatic rings. The predicted molar refractivity (Wildman–Crippen MR) is 107 cm³/mol. The summed E-state index contributed by atoms with van der Waals surface area (Å²) in [6, 6.07) is 7.85. The Morgan fingerprint density at radius 3 is 2.21 bits per heavy atom. The zero-order valence-electron chi connectivity index (χ0n) is 16.7. The van der Waals surface area contributed by atoms with Crippen LogP contribution in [0.1, 0.15) is 56.9 Å². The van der Waals surface area contributed by atoms with Gasteiger partial charge in [-0.25, -0.2) is 9.59 Å². The number of hydrogen-bond donors (Lipinski definition) is 1. The summed E-state index contributed by atoms with van der Waals surface area (Å²) >= 11 is 0. The van der Waals surface area contributed by atoms with E-state index >= 15 is 0 Å². The van der Waals surface area contributed by atoms with Crippen LogP contribution >= 0.6 is 0 Å². The Hall–Kier alpha value is -2.04. The maximum atomic E-state index is 12.7. The first-order valence-corrected chi connectivity index (χ1v) is 10.8. The highest BCUT2D eigenvalue weighted by Crippen LogP contribution is 2.60. The van der Waals surface area contributed by atoms with Gasteiger partial charge in [0.05, 0.1) is 7.11 Å². The summed E-state index contributed by atoms with van der Waals surface area (Å²) in [7, 11) is 1.37. The fourth-order valence-electron chi connectivity index (χ4n) is 6.96. The molecule has 1 saturated heterocycles. The van der Waals surface area contributed by atoms with Gasteiger partial charge in [-0.3, -0.25) is 0 Å². The molecule has 5 nitrogen and oxygen atoms in total. The fraction of sp³-hybridized carbons (Fsp3) is 0.652. The van der Waals surface area contributed by atoms with Crippen LogP contribution in [0.25, 0.3) is 0 Å². The number of hydrogen-bond acceptors (Lipinski definition) is 3. The van der Waals surface area contributed by atoms with E-state index in [0.29, 0.717) is 18.4 Å². The second-order valence-corrected chi connectivity index (χ2v) is 9.58. The zero-order chi connectivity index (χ0) is 19.3. The molecule has 4 bridgehead atoms. The SMILES string of the molecule is COC(=O)[C@@H]1CCCN1C(=O)Nc1ccc(C23CC4CC(CC(C4)C2)C3)cc1. The monoisotopic (exact) mass is 382 g/mol. The molecule has 6 rings (SSSR count). The Bertz CT molecular complexity index is 737. The summed E-state index contributed by atoms with van der Waals surface area (Å²) in [5.41, 5.74) is 2.63. The number of likely N-dealkylation sites (tertiary alicyclic amines) is 1. The van der Waals surface area contributed by atoms with E-state index in [1.807, 2.05) is 12.1 Å². The first kappa shape index (κ1) is 18.0. The average molecular weight is 383 g/mol. The van der Waals surface area contributed by atoms with Crippen molar-refractivity contribution in [3.05, 3.63) is 29.8 Å². The van der Waals surface area contributed by atoms with E-state index in [4.69, 9.17) is 4.74 Å². The summed E-state index contributed by atoms with van der Waals surface area (Å²) in [5, 5.41) is 2.97. The molecule has 0 unspecified atom stereocenters. The zero-order valence-corrected chi connectivity index (χ0v) is 16.7. The predicted octanol–water partition coefficient (Wildman–Crippen LogP) is 4.32. The lowest BCUT2D eigenvalue weighted by molar-refractivity contribution is -0.144. The van der Waals surface area contributed by atoms with Gasteiger partial charge in [-0.2, -0.15) is 0 Å². The molecular weight excluding hydrogens is 352 g/mol. The molecule has 0 radical (unpaired) electrons. The standard InChI is InChI=1S/C23H30N2O3/c1-28-21(26)20-3-2-8-25(20)22(27)24-19-6-4-18(5-7-19)23-12-15-9-16(13-23)11-17(10-15)14-23/h4-7,15-17,20H,2-3,8-14H2,1H3,(H,24,27)/t15?,16?,17?,20-,23?/m0/s1. The normalized spacial score (nSPS) is 35.8. The Labute approximate surface area is 166 Å². The van der Waals surface area contributed by atoms with E-state index < -0.39 is 6.04 Å². The summed E-state index contributed by atoms with van der Waals surface area (Å²) < 4.78 is 4.84. The van der Waals surface area contributed by atoms with Crippen LogP contribution in [0.5, 0.6) is 0 Å². The molecule has 2 amide bonds. The molecule has 28 heavy (non-hydrogen) atoms. The van der Waals surface area contributed by atoms with Crippen molar-refractivity contribution < 1.29 is 14.3 Å². The molecule has 0 aromatic heterocycles. The topological polar surface area (TPSA) is 58.6 Å². The summed E-state index contributed by atoms with van der Waals surface area (Å²) in [6.07, 6.45) is 9.89. The first-order valence-electron chi connectivity index (χ1n) is 10.8. The van der Waals surface area contributed by atoms with Gasteiger partial charge < -0.3 is 15.0 Å². The van der Waals surface area contributed by atoms with Gasteiger partial charge in [-0.1, -0.05) is 12.1 Å². The van der Waals surface area contributed by atoms with Crippen molar-refractivity contribution in [2.75, 3.05) is 19.0 Å². The largest absolute Gasteiger partial charge is 0.467 e. The number of amides is 2. The smallest absolute Gasteiger partial charge is 0.328 e. The molecule has 5 aliphatic rings.